The number of hydrogen-bond donors (Lipinski definition) is 0. The molecule has 4 rings (SSSR count). The highest BCUT2D eigenvalue weighted by atomic mass is 16.5. The summed E-state index contributed by atoms with van der Waals surface area (Å²) in [5.41, 5.74) is 2.81. The second-order valence-corrected chi connectivity index (χ2v) is 6.26. The molecule has 1 aliphatic heterocycles. The Morgan fingerprint density at radius 1 is 1.26 bits per heavy atom. The summed E-state index contributed by atoms with van der Waals surface area (Å²) >= 11 is 0. The Balaban J connectivity index is 1.62. The van der Waals surface area contributed by atoms with Gasteiger partial charge in [0, 0.05) is 19.9 Å². The summed E-state index contributed by atoms with van der Waals surface area (Å²) in [5.74, 6) is 1.14. The van der Waals surface area contributed by atoms with Crippen LogP contribution in [0.1, 0.15) is 36.9 Å². The molecule has 0 fully saturated rings. The highest BCUT2D eigenvalue weighted by molar-refractivity contribution is 5.74. The molecule has 2 aromatic heterocycles. The number of rotatable bonds is 4. The first-order valence-corrected chi connectivity index (χ1v) is 8.78. The number of carbonyl (C=O) groups is 1. The first-order chi connectivity index (χ1) is 13.2. The molecule has 1 aromatic carbocycles. The third kappa shape index (κ3) is 3.38. The second-order valence-electron chi connectivity index (χ2n) is 6.26. The van der Waals surface area contributed by atoms with Gasteiger partial charge in [0.05, 0.1) is 19.0 Å². The molecule has 138 valence electrons. The summed E-state index contributed by atoms with van der Waals surface area (Å²) in [7, 11) is 0. The fourth-order valence-electron chi connectivity index (χ4n) is 3.20. The zero-order valence-corrected chi connectivity index (χ0v) is 15.1. The summed E-state index contributed by atoms with van der Waals surface area (Å²) < 4.78 is 10.8. The minimum absolute atomic E-state index is 0.0323. The van der Waals surface area contributed by atoms with Crippen LogP contribution in [-0.2, 0) is 17.8 Å². The molecule has 27 heavy (non-hydrogen) atoms. The number of ether oxygens (including phenoxy) is 1. The van der Waals surface area contributed by atoms with Gasteiger partial charge in [-0.1, -0.05) is 29.4 Å². The molecular weight excluding hydrogens is 346 g/mol. The molecule has 3 aromatic rings. The lowest BCUT2D eigenvalue weighted by molar-refractivity contribution is -0.133. The molecule has 0 saturated heterocycles. The lowest BCUT2D eigenvalue weighted by atomic mass is 9.94. The lowest BCUT2D eigenvalue weighted by Crippen LogP contribution is -2.37. The molecule has 1 unspecified atom stereocenters. The van der Waals surface area contributed by atoms with Crippen LogP contribution in [0.5, 0.6) is 5.88 Å². The summed E-state index contributed by atoms with van der Waals surface area (Å²) in [6.07, 6.45) is 3.69. The Hall–Kier alpha value is -3.29. The van der Waals surface area contributed by atoms with E-state index < -0.39 is 0 Å². The van der Waals surface area contributed by atoms with Gasteiger partial charge >= 0.3 is 0 Å². The maximum Gasteiger partial charge on any atom is 0.250 e. The summed E-state index contributed by atoms with van der Waals surface area (Å²) in [5, 5.41) is 4.02. The highest BCUT2D eigenvalue weighted by Crippen LogP contribution is 2.33. The molecule has 1 aliphatic rings. The maximum atomic E-state index is 12.2. The van der Waals surface area contributed by atoms with Crippen molar-refractivity contribution in [1.29, 1.82) is 0 Å². The van der Waals surface area contributed by atoms with Gasteiger partial charge < -0.3 is 14.2 Å². The molecule has 0 spiro atoms. The fraction of sp³-hybridized carbons (Fsp3) is 0.316. The van der Waals surface area contributed by atoms with Crippen LogP contribution < -0.4 is 4.74 Å². The van der Waals surface area contributed by atoms with Crippen LogP contribution in [0.4, 0.5) is 0 Å². The van der Waals surface area contributed by atoms with Crippen LogP contribution in [0.25, 0.3) is 11.5 Å². The van der Waals surface area contributed by atoms with E-state index in [1.165, 1.54) is 11.8 Å². The van der Waals surface area contributed by atoms with Crippen LogP contribution in [0.2, 0.25) is 0 Å². The van der Waals surface area contributed by atoms with E-state index in [9.17, 15) is 4.79 Å². The highest BCUT2D eigenvalue weighted by Gasteiger charge is 2.33. The number of carbonyl (C=O) groups excluding carboxylic acids is 1. The van der Waals surface area contributed by atoms with E-state index in [-0.39, 0.29) is 11.9 Å². The molecule has 1 amide bonds. The van der Waals surface area contributed by atoms with Gasteiger partial charge in [-0.25, -0.2) is 9.97 Å². The van der Waals surface area contributed by atoms with Crippen LogP contribution >= 0.6 is 0 Å². The molecule has 8 nitrogen and oxygen atoms in total. The van der Waals surface area contributed by atoms with Gasteiger partial charge in [-0.05, 0) is 18.1 Å². The zero-order chi connectivity index (χ0) is 18.8. The van der Waals surface area contributed by atoms with Crippen molar-refractivity contribution in [2.75, 3.05) is 6.61 Å². The quantitative estimate of drug-likeness (QED) is 0.701. The number of amides is 1. The molecule has 0 N–H and O–H groups in total. The number of benzene rings is 1. The van der Waals surface area contributed by atoms with Crippen molar-refractivity contribution in [3.05, 3.63) is 53.7 Å². The van der Waals surface area contributed by atoms with Crippen LogP contribution in [0.3, 0.4) is 0 Å². The van der Waals surface area contributed by atoms with Gasteiger partial charge in [0.25, 0.3) is 0 Å². The summed E-state index contributed by atoms with van der Waals surface area (Å²) in [6, 6.07) is 7.78. The lowest BCUT2D eigenvalue weighted by Gasteiger charge is -2.34. The molecule has 3 heterocycles. The smallest absolute Gasteiger partial charge is 0.250 e. The average Bonchev–Trinajstić information content (AvgIpc) is 3.18. The Kier molecular flexibility index (Phi) is 4.53. The topological polar surface area (TPSA) is 94.2 Å². The number of hydrogen-bond acceptors (Lipinski definition) is 7. The fourth-order valence-corrected chi connectivity index (χ4v) is 3.20. The Bertz CT molecular complexity index is 954. The number of nitrogens with zero attached hydrogens (tertiary/aromatic N) is 5. The average molecular weight is 365 g/mol. The third-order valence-electron chi connectivity index (χ3n) is 4.53. The molecule has 0 saturated carbocycles. The third-order valence-corrected chi connectivity index (χ3v) is 4.53. The van der Waals surface area contributed by atoms with E-state index in [1.54, 1.807) is 18.0 Å². The van der Waals surface area contributed by atoms with Crippen LogP contribution in [0, 0.1) is 0 Å². The predicted molar refractivity (Wildman–Crippen MR) is 95.6 cm³/mol. The van der Waals surface area contributed by atoms with Crippen molar-refractivity contribution in [3.63, 3.8) is 0 Å². The SMILES string of the molecule is CCOc1cnc(-c2noc(C3Cc4ccccc4CN3C(C)=O)n2)cn1. The predicted octanol–water partition coefficient (Wildman–Crippen LogP) is 2.57. The molecule has 0 aliphatic carbocycles. The largest absolute Gasteiger partial charge is 0.477 e. The van der Waals surface area contributed by atoms with Gasteiger partial charge in [-0.2, -0.15) is 4.98 Å². The molecule has 0 radical (unpaired) electrons. The van der Waals surface area contributed by atoms with Gasteiger partial charge in [0.15, 0.2) is 0 Å². The Morgan fingerprint density at radius 2 is 2.07 bits per heavy atom. The number of fused-ring (bicyclic) bond motifs is 1. The molecule has 0 bridgehead atoms. The maximum absolute atomic E-state index is 12.2. The normalized spacial score (nSPS) is 16.1. The minimum atomic E-state index is -0.297. The molecular formula is C19H19N5O3. The molecule has 1 atom stereocenters. The van der Waals surface area contributed by atoms with Crippen LogP contribution in [0.15, 0.2) is 41.2 Å². The minimum Gasteiger partial charge on any atom is -0.477 e. The van der Waals surface area contributed by atoms with Crippen molar-refractivity contribution in [2.45, 2.75) is 32.9 Å². The second kappa shape index (κ2) is 7.14. The van der Waals surface area contributed by atoms with Gasteiger partial charge in [-0.3, -0.25) is 4.79 Å². The van der Waals surface area contributed by atoms with E-state index in [2.05, 4.69) is 26.2 Å². The summed E-state index contributed by atoms with van der Waals surface area (Å²) in [6.45, 7) is 4.47. The van der Waals surface area contributed by atoms with Crippen molar-refractivity contribution in [1.82, 2.24) is 25.0 Å². The zero-order valence-electron chi connectivity index (χ0n) is 15.1. The number of aromatic nitrogens is 4. The van der Waals surface area contributed by atoms with Gasteiger partial charge in [0.2, 0.25) is 23.5 Å². The van der Waals surface area contributed by atoms with E-state index >= 15 is 0 Å². The summed E-state index contributed by atoms with van der Waals surface area (Å²) in [4.78, 5) is 26.8. The van der Waals surface area contributed by atoms with E-state index in [0.717, 1.165) is 5.56 Å². The van der Waals surface area contributed by atoms with E-state index in [4.69, 9.17) is 9.26 Å². The molecule has 8 heteroatoms. The first kappa shape index (κ1) is 17.1. The van der Waals surface area contributed by atoms with Gasteiger partial charge in [0.1, 0.15) is 11.7 Å². The Morgan fingerprint density at radius 3 is 2.78 bits per heavy atom. The van der Waals surface area contributed by atoms with E-state index in [1.807, 2.05) is 25.1 Å². The van der Waals surface area contributed by atoms with Crippen molar-refractivity contribution in [2.24, 2.45) is 0 Å². The van der Waals surface area contributed by atoms with Gasteiger partial charge in [-0.15, -0.1) is 0 Å². The van der Waals surface area contributed by atoms with E-state index in [0.29, 0.717) is 42.9 Å². The standard InChI is InChI=1S/C19H19N5O3/c1-3-26-17-10-20-15(9-21-17)18-22-19(27-23-18)16-8-13-6-4-5-7-14(13)11-24(16)12(2)25/h4-7,9-10,16H,3,8,11H2,1-2H3. The first-order valence-electron chi connectivity index (χ1n) is 8.78. The Labute approximate surface area is 156 Å². The monoisotopic (exact) mass is 365 g/mol. The van der Waals surface area contributed by atoms with Crippen molar-refractivity contribution < 1.29 is 14.1 Å². The van der Waals surface area contributed by atoms with Crippen molar-refractivity contribution in [3.8, 4) is 17.4 Å². The van der Waals surface area contributed by atoms with Crippen LogP contribution in [-0.4, -0.2) is 37.5 Å². The van der Waals surface area contributed by atoms with Crippen molar-refractivity contribution >= 4 is 5.91 Å².